The maximum Gasteiger partial charge on any atom is 0.0693 e. The van der Waals surface area contributed by atoms with Crippen molar-refractivity contribution < 1.29 is 5.11 Å². The van der Waals surface area contributed by atoms with E-state index in [-0.39, 0.29) is 6.10 Å². The van der Waals surface area contributed by atoms with Crippen LogP contribution in [0.1, 0.15) is 57.8 Å². The number of aliphatic hydroxyl groups is 1. The first-order valence-electron chi connectivity index (χ1n) is 6.95. The van der Waals surface area contributed by atoms with Gasteiger partial charge in [-0.1, -0.05) is 19.3 Å². The van der Waals surface area contributed by atoms with E-state index in [0.29, 0.717) is 18.1 Å². The molecule has 0 radical (unpaired) electrons. The number of rotatable bonds is 2. The van der Waals surface area contributed by atoms with Gasteiger partial charge < -0.3 is 16.2 Å². The molecule has 0 aromatic carbocycles. The largest absolute Gasteiger partial charge is 0.392 e. The minimum Gasteiger partial charge on any atom is -0.392 e. The summed E-state index contributed by atoms with van der Waals surface area (Å²) in [7, 11) is 0. The van der Waals surface area contributed by atoms with Crippen LogP contribution in [0.15, 0.2) is 0 Å². The molecule has 0 spiro atoms. The fourth-order valence-electron chi connectivity index (χ4n) is 3.07. The monoisotopic (exact) mass is 226 g/mol. The molecule has 2 fully saturated rings. The first-order chi connectivity index (χ1) is 7.75. The molecule has 2 rings (SSSR count). The molecule has 2 aliphatic rings. The van der Waals surface area contributed by atoms with Crippen molar-refractivity contribution in [2.24, 2.45) is 5.73 Å². The van der Waals surface area contributed by atoms with Gasteiger partial charge >= 0.3 is 0 Å². The highest BCUT2D eigenvalue weighted by atomic mass is 16.3. The zero-order valence-electron chi connectivity index (χ0n) is 10.2. The van der Waals surface area contributed by atoms with Gasteiger partial charge in [0.05, 0.1) is 6.10 Å². The highest BCUT2D eigenvalue weighted by Gasteiger charge is 2.26. The topological polar surface area (TPSA) is 58.3 Å². The summed E-state index contributed by atoms with van der Waals surface area (Å²) in [5.41, 5.74) is 5.91. The van der Waals surface area contributed by atoms with Crippen LogP contribution >= 0.6 is 0 Å². The number of nitrogens with one attached hydrogen (secondary N) is 1. The van der Waals surface area contributed by atoms with E-state index in [9.17, 15) is 5.11 Å². The molecule has 0 bridgehead atoms. The summed E-state index contributed by atoms with van der Waals surface area (Å²) in [5, 5.41) is 13.7. The Morgan fingerprint density at radius 3 is 2.31 bits per heavy atom. The van der Waals surface area contributed by atoms with Crippen molar-refractivity contribution in [3.63, 3.8) is 0 Å². The van der Waals surface area contributed by atoms with Crippen LogP contribution in [-0.2, 0) is 0 Å². The maximum atomic E-state index is 10.0. The van der Waals surface area contributed by atoms with Gasteiger partial charge in [-0.25, -0.2) is 0 Å². The molecule has 0 heterocycles. The van der Waals surface area contributed by atoms with Crippen LogP contribution in [-0.4, -0.2) is 29.3 Å². The molecule has 94 valence electrons. The van der Waals surface area contributed by atoms with Crippen LogP contribution in [0.5, 0.6) is 0 Å². The van der Waals surface area contributed by atoms with Crippen LogP contribution < -0.4 is 11.1 Å². The van der Waals surface area contributed by atoms with Gasteiger partial charge in [-0.2, -0.15) is 0 Å². The average molecular weight is 226 g/mol. The second-order valence-corrected chi connectivity index (χ2v) is 5.59. The summed E-state index contributed by atoms with van der Waals surface area (Å²) in [6.07, 6.45) is 10.4. The molecule has 0 amide bonds. The predicted molar refractivity (Wildman–Crippen MR) is 66.2 cm³/mol. The van der Waals surface area contributed by atoms with Crippen LogP contribution in [0, 0.1) is 0 Å². The Morgan fingerprint density at radius 2 is 1.56 bits per heavy atom. The minimum atomic E-state index is -0.127. The molecule has 3 heteroatoms. The summed E-state index contributed by atoms with van der Waals surface area (Å²) in [6.45, 7) is 0. The number of hydrogen-bond acceptors (Lipinski definition) is 3. The van der Waals surface area contributed by atoms with Crippen molar-refractivity contribution in [3.05, 3.63) is 0 Å². The Labute approximate surface area is 98.8 Å². The van der Waals surface area contributed by atoms with Crippen molar-refractivity contribution in [2.45, 2.75) is 82.0 Å². The maximum absolute atomic E-state index is 10.0. The molecule has 3 nitrogen and oxygen atoms in total. The first kappa shape index (κ1) is 12.3. The Hall–Kier alpha value is -0.120. The molecule has 0 aromatic rings. The Bertz CT molecular complexity index is 202. The molecular weight excluding hydrogens is 200 g/mol. The smallest absolute Gasteiger partial charge is 0.0693 e. The van der Waals surface area contributed by atoms with E-state index in [0.717, 1.165) is 25.7 Å². The zero-order valence-corrected chi connectivity index (χ0v) is 10.2. The Balaban J connectivity index is 1.78. The first-order valence-corrected chi connectivity index (χ1v) is 6.95. The lowest BCUT2D eigenvalue weighted by atomic mass is 9.90. The molecule has 2 saturated carbocycles. The van der Waals surface area contributed by atoms with Crippen LogP contribution in [0.2, 0.25) is 0 Å². The van der Waals surface area contributed by atoms with E-state index >= 15 is 0 Å². The Morgan fingerprint density at radius 1 is 0.875 bits per heavy atom. The van der Waals surface area contributed by atoms with E-state index in [1.165, 1.54) is 32.1 Å². The average Bonchev–Trinajstić information content (AvgIpc) is 2.48. The fourth-order valence-corrected chi connectivity index (χ4v) is 3.07. The van der Waals surface area contributed by atoms with E-state index in [1.54, 1.807) is 0 Å². The van der Waals surface area contributed by atoms with Crippen molar-refractivity contribution in [2.75, 3.05) is 0 Å². The zero-order chi connectivity index (χ0) is 11.4. The Kier molecular flexibility index (Phi) is 4.62. The van der Waals surface area contributed by atoms with Gasteiger partial charge in [0.25, 0.3) is 0 Å². The number of hydrogen-bond donors (Lipinski definition) is 3. The summed E-state index contributed by atoms with van der Waals surface area (Å²) in [4.78, 5) is 0. The van der Waals surface area contributed by atoms with Crippen molar-refractivity contribution in [3.8, 4) is 0 Å². The molecule has 2 unspecified atom stereocenters. The van der Waals surface area contributed by atoms with Gasteiger partial charge in [-0.05, 0) is 38.5 Å². The van der Waals surface area contributed by atoms with Crippen molar-refractivity contribution in [1.29, 1.82) is 0 Å². The minimum absolute atomic E-state index is 0.127. The van der Waals surface area contributed by atoms with E-state index in [2.05, 4.69) is 5.32 Å². The molecule has 0 aliphatic heterocycles. The lowest BCUT2D eigenvalue weighted by Gasteiger charge is -2.32. The van der Waals surface area contributed by atoms with Crippen LogP contribution in [0.4, 0.5) is 0 Å². The third kappa shape index (κ3) is 3.44. The molecule has 0 saturated heterocycles. The number of aliphatic hydroxyl groups excluding tert-OH is 1. The summed E-state index contributed by atoms with van der Waals surface area (Å²) in [6, 6.07) is 1.34. The molecule has 4 N–H and O–H groups in total. The molecule has 2 atom stereocenters. The standard InChI is InChI=1S/C13H26N2O/c14-10-6-8-11(9-7-10)15-12-4-2-1-3-5-13(12)16/h10-13,15-16H,1-9,14H2. The molecule has 2 aliphatic carbocycles. The van der Waals surface area contributed by atoms with Gasteiger partial charge in [-0.15, -0.1) is 0 Å². The number of nitrogens with two attached hydrogens (primary N) is 1. The van der Waals surface area contributed by atoms with Gasteiger partial charge in [0.2, 0.25) is 0 Å². The second kappa shape index (κ2) is 5.99. The predicted octanol–water partition coefficient (Wildman–Crippen LogP) is 1.54. The highest BCUT2D eigenvalue weighted by Crippen LogP contribution is 2.22. The van der Waals surface area contributed by atoms with Gasteiger partial charge in [0.1, 0.15) is 0 Å². The van der Waals surface area contributed by atoms with E-state index < -0.39 is 0 Å². The van der Waals surface area contributed by atoms with Crippen LogP contribution in [0.3, 0.4) is 0 Å². The van der Waals surface area contributed by atoms with Gasteiger partial charge in [-0.3, -0.25) is 0 Å². The highest BCUT2D eigenvalue weighted by molar-refractivity contribution is 4.85. The summed E-state index contributed by atoms with van der Waals surface area (Å²) < 4.78 is 0. The van der Waals surface area contributed by atoms with E-state index in [4.69, 9.17) is 5.73 Å². The summed E-state index contributed by atoms with van der Waals surface area (Å²) >= 11 is 0. The lowest BCUT2D eigenvalue weighted by Crippen LogP contribution is -2.47. The van der Waals surface area contributed by atoms with Crippen molar-refractivity contribution >= 4 is 0 Å². The third-order valence-corrected chi connectivity index (χ3v) is 4.20. The summed E-state index contributed by atoms with van der Waals surface area (Å²) in [5.74, 6) is 0. The SMILES string of the molecule is NC1CCC(NC2CCCCCC2O)CC1. The molecular formula is C13H26N2O. The molecule has 0 aromatic heterocycles. The van der Waals surface area contributed by atoms with E-state index in [1.807, 2.05) is 0 Å². The van der Waals surface area contributed by atoms with Crippen molar-refractivity contribution in [1.82, 2.24) is 5.32 Å². The third-order valence-electron chi connectivity index (χ3n) is 4.20. The fraction of sp³-hybridized carbons (Fsp3) is 1.00. The normalized spacial score (nSPS) is 41.6. The van der Waals surface area contributed by atoms with Crippen LogP contribution in [0.25, 0.3) is 0 Å². The molecule has 16 heavy (non-hydrogen) atoms. The van der Waals surface area contributed by atoms with Gasteiger partial charge in [0.15, 0.2) is 0 Å². The quantitative estimate of drug-likeness (QED) is 0.626. The second-order valence-electron chi connectivity index (χ2n) is 5.59. The lowest BCUT2D eigenvalue weighted by molar-refractivity contribution is 0.109. The van der Waals surface area contributed by atoms with Gasteiger partial charge in [0, 0.05) is 18.1 Å².